The van der Waals surface area contributed by atoms with Crippen molar-refractivity contribution in [1.29, 1.82) is 0 Å². The second-order valence-electron chi connectivity index (χ2n) is 10.2. The molecule has 2 aromatic carbocycles. The zero-order valence-corrected chi connectivity index (χ0v) is 21.5. The Labute approximate surface area is 216 Å². The number of phenolic OH excluding ortho intramolecular Hbond substituents is 1. The first-order chi connectivity index (χ1) is 17.4. The van der Waals surface area contributed by atoms with Crippen molar-refractivity contribution in [3.63, 3.8) is 0 Å². The van der Waals surface area contributed by atoms with E-state index < -0.39 is 11.6 Å². The lowest BCUT2D eigenvalue weighted by Gasteiger charge is -2.32. The fraction of sp³-hybridized carbons (Fsp3) is 0.448. The average molecular weight is 510 g/mol. The number of nitrogens with zero attached hydrogens (tertiary/aromatic N) is 2. The largest absolute Gasteiger partial charge is 0.504 e. The molecule has 2 fully saturated rings. The molecule has 0 radical (unpaired) electrons. The molecule has 0 atom stereocenters. The number of hydrogen-bond acceptors (Lipinski definition) is 5. The second kappa shape index (κ2) is 10.7. The molecule has 190 valence electrons. The van der Waals surface area contributed by atoms with E-state index in [-0.39, 0.29) is 16.8 Å². The van der Waals surface area contributed by atoms with Gasteiger partial charge in [0.25, 0.3) is 0 Å². The molecule has 0 unspecified atom stereocenters. The first kappa shape index (κ1) is 25.0. The normalized spacial score (nSPS) is 20.6. The molecule has 36 heavy (non-hydrogen) atoms. The van der Waals surface area contributed by atoms with E-state index in [9.17, 15) is 14.3 Å². The van der Waals surface area contributed by atoms with Crippen LogP contribution in [0, 0.1) is 11.7 Å². The van der Waals surface area contributed by atoms with Crippen LogP contribution >= 0.6 is 11.6 Å². The van der Waals surface area contributed by atoms with Crippen LogP contribution in [0.25, 0.3) is 22.0 Å². The van der Waals surface area contributed by atoms with Crippen LogP contribution in [0.2, 0.25) is 5.02 Å². The quantitative estimate of drug-likeness (QED) is 0.334. The van der Waals surface area contributed by atoms with Crippen LogP contribution in [-0.2, 0) is 0 Å². The Bertz CT molecular complexity index is 1240. The predicted octanol–water partition coefficient (Wildman–Crippen LogP) is 7.06. The van der Waals surface area contributed by atoms with Crippen LogP contribution in [0.1, 0.15) is 62.2 Å². The number of halogens is 2. The number of Topliss-reactive ketones (excluding diaryl/α,β-unsaturated/α-hetero) is 1. The Morgan fingerprint density at radius 2 is 1.89 bits per heavy atom. The molecule has 1 aromatic heterocycles. The Kier molecular flexibility index (Phi) is 7.44. The number of ketones is 1. The van der Waals surface area contributed by atoms with Gasteiger partial charge in [0.2, 0.25) is 0 Å². The summed E-state index contributed by atoms with van der Waals surface area (Å²) in [5.41, 5.74) is 3.46. The van der Waals surface area contributed by atoms with E-state index in [1.165, 1.54) is 51.4 Å². The average Bonchev–Trinajstić information content (AvgIpc) is 3.40. The van der Waals surface area contributed by atoms with Gasteiger partial charge in [-0.2, -0.15) is 0 Å². The molecule has 3 aromatic rings. The van der Waals surface area contributed by atoms with Gasteiger partial charge in [-0.1, -0.05) is 24.6 Å². The highest BCUT2D eigenvalue weighted by atomic mass is 35.5. The summed E-state index contributed by atoms with van der Waals surface area (Å²) in [7, 11) is 0. The summed E-state index contributed by atoms with van der Waals surface area (Å²) in [6.07, 6.45) is 9.22. The van der Waals surface area contributed by atoms with Crippen LogP contribution in [0.15, 0.2) is 36.5 Å². The Morgan fingerprint density at radius 1 is 1.14 bits per heavy atom. The van der Waals surface area contributed by atoms with Crippen LogP contribution in [0.5, 0.6) is 5.75 Å². The molecule has 1 saturated carbocycles. The SMILES string of the molecule is CCC(=O)c1cnc2ccc(-c3cc(F)c(O)c(Cl)c3)cc2c1N[C@H]1CC[C@H](CN2CCCC2)CC1. The van der Waals surface area contributed by atoms with Crippen LogP contribution in [0.4, 0.5) is 10.1 Å². The molecule has 0 spiro atoms. The van der Waals surface area contributed by atoms with Gasteiger partial charge >= 0.3 is 0 Å². The number of aromatic hydroxyl groups is 1. The maximum Gasteiger partial charge on any atom is 0.170 e. The number of pyridine rings is 1. The van der Waals surface area contributed by atoms with Crippen molar-refractivity contribution in [2.24, 2.45) is 5.92 Å². The Hall–Kier alpha value is -2.70. The van der Waals surface area contributed by atoms with Gasteiger partial charge in [0.05, 0.1) is 21.8 Å². The smallest absolute Gasteiger partial charge is 0.170 e. The van der Waals surface area contributed by atoms with Crippen LogP contribution in [-0.4, -0.2) is 46.4 Å². The minimum absolute atomic E-state index is 0.0397. The number of nitrogens with one attached hydrogen (secondary N) is 1. The van der Waals surface area contributed by atoms with Crippen molar-refractivity contribution in [1.82, 2.24) is 9.88 Å². The highest BCUT2D eigenvalue weighted by molar-refractivity contribution is 6.32. The van der Waals surface area contributed by atoms with Gasteiger partial charge in [-0.25, -0.2) is 4.39 Å². The van der Waals surface area contributed by atoms with Crippen molar-refractivity contribution >= 4 is 34.0 Å². The van der Waals surface area contributed by atoms with E-state index in [2.05, 4.69) is 15.2 Å². The van der Waals surface area contributed by atoms with Crippen molar-refractivity contribution in [2.75, 3.05) is 25.0 Å². The fourth-order valence-electron chi connectivity index (χ4n) is 5.69. The third-order valence-electron chi connectivity index (χ3n) is 7.75. The first-order valence-corrected chi connectivity index (χ1v) is 13.4. The van der Waals surface area contributed by atoms with Gasteiger partial charge in [-0.05, 0) is 92.9 Å². The lowest BCUT2D eigenvalue weighted by atomic mass is 9.85. The number of rotatable bonds is 7. The van der Waals surface area contributed by atoms with Gasteiger partial charge < -0.3 is 15.3 Å². The number of phenols is 1. The molecular weight excluding hydrogens is 477 g/mol. The summed E-state index contributed by atoms with van der Waals surface area (Å²) in [5, 5.41) is 14.2. The van der Waals surface area contributed by atoms with E-state index in [1.54, 1.807) is 12.3 Å². The molecule has 0 bridgehead atoms. The number of carbonyl (C=O) groups excluding carboxylic acids is 1. The van der Waals surface area contributed by atoms with Crippen LogP contribution in [0.3, 0.4) is 0 Å². The van der Waals surface area contributed by atoms with E-state index in [0.717, 1.165) is 40.9 Å². The second-order valence-corrected chi connectivity index (χ2v) is 10.6. The molecule has 1 aliphatic heterocycles. The van der Waals surface area contributed by atoms with Crippen molar-refractivity contribution < 1.29 is 14.3 Å². The Morgan fingerprint density at radius 3 is 2.58 bits per heavy atom. The van der Waals surface area contributed by atoms with Gasteiger partial charge in [0.1, 0.15) is 0 Å². The zero-order valence-electron chi connectivity index (χ0n) is 20.7. The summed E-state index contributed by atoms with van der Waals surface area (Å²) in [6, 6.07) is 8.76. The molecule has 0 amide bonds. The van der Waals surface area contributed by atoms with E-state index in [4.69, 9.17) is 11.6 Å². The lowest BCUT2D eigenvalue weighted by molar-refractivity contribution is 0.0988. The number of benzene rings is 2. The fourth-order valence-corrected chi connectivity index (χ4v) is 5.89. The predicted molar refractivity (Wildman–Crippen MR) is 143 cm³/mol. The third-order valence-corrected chi connectivity index (χ3v) is 8.04. The van der Waals surface area contributed by atoms with E-state index >= 15 is 0 Å². The van der Waals surface area contributed by atoms with Crippen molar-refractivity contribution in [3.05, 3.63) is 52.9 Å². The Balaban J connectivity index is 1.44. The van der Waals surface area contributed by atoms with Crippen LogP contribution < -0.4 is 5.32 Å². The van der Waals surface area contributed by atoms with Gasteiger partial charge in [-0.15, -0.1) is 0 Å². The highest BCUT2D eigenvalue weighted by Gasteiger charge is 2.26. The molecule has 7 heteroatoms. The highest BCUT2D eigenvalue weighted by Crippen LogP contribution is 2.37. The molecule has 1 aliphatic carbocycles. The monoisotopic (exact) mass is 509 g/mol. The maximum atomic E-state index is 14.2. The third kappa shape index (κ3) is 5.21. The molecule has 1 saturated heterocycles. The molecule has 2 N–H and O–H groups in total. The number of fused-ring (bicyclic) bond motifs is 1. The molecular formula is C29H33ClFN3O2. The first-order valence-electron chi connectivity index (χ1n) is 13.1. The molecule has 5 nitrogen and oxygen atoms in total. The standard InChI is InChI=1S/C29H33ClFN3O2/c1-2-27(35)23-16-32-26-10-7-19(20-14-24(30)29(36)25(31)15-20)13-22(26)28(23)33-21-8-5-18(6-9-21)17-34-11-3-4-12-34/h7,10,13-16,18,21,36H,2-6,8-9,11-12,17H2,1H3,(H,32,33)/t18-,21-. The maximum absolute atomic E-state index is 14.2. The number of likely N-dealkylation sites (tertiary alicyclic amines) is 1. The minimum atomic E-state index is -0.769. The zero-order chi connectivity index (χ0) is 25.2. The summed E-state index contributed by atoms with van der Waals surface area (Å²) in [4.78, 5) is 20.0. The van der Waals surface area contributed by atoms with Gasteiger partial charge in [-0.3, -0.25) is 9.78 Å². The number of anilines is 1. The van der Waals surface area contributed by atoms with Crippen molar-refractivity contribution in [3.8, 4) is 16.9 Å². The van der Waals surface area contributed by atoms with E-state index in [0.29, 0.717) is 17.5 Å². The molecule has 5 rings (SSSR count). The lowest BCUT2D eigenvalue weighted by Crippen LogP contribution is -2.33. The summed E-state index contributed by atoms with van der Waals surface area (Å²) < 4.78 is 14.2. The van der Waals surface area contributed by atoms with Gasteiger partial charge in [0, 0.05) is 30.6 Å². The number of hydrogen-bond donors (Lipinski definition) is 2. The summed E-state index contributed by atoms with van der Waals surface area (Å²) in [6.45, 7) is 5.54. The topological polar surface area (TPSA) is 65.5 Å². The minimum Gasteiger partial charge on any atom is -0.504 e. The van der Waals surface area contributed by atoms with Gasteiger partial charge in [0.15, 0.2) is 17.3 Å². The molecule has 2 aliphatic rings. The van der Waals surface area contributed by atoms with Crippen molar-refractivity contribution in [2.45, 2.75) is 57.9 Å². The number of carbonyl (C=O) groups is 1. The van der Waals surface area contributed by atoms with E-state index in [1.807, 2.05) is 25.1 Å². The molecule has 2 heterocycles. The summed E-state index contributed by atoms with van der Waals surface area (Å²) >= 11 is 6.04. The number of aromatic nitrogens is 1. The summed E-state index contributed by atoms with van der Waals surface area (Å²) in [5.74, 6) is -0.539.